The lowest BCUT2D eigenvalue weighted by molar-refractivity contribution is -0.145. The number of rotatable bonds is 8. The van der Waals surface area contributed by atoms with Crippen LogP contribution in [-0.2, 0) is 19.6 Å². The largest absolute Gasteiger partial charge is 0.453 e. The van der Waals surface area contributed by atoms with E-state index >= 15 is 0 Å². The third kappa shape index (κ3) is 5.24. The molecule has 6 nitrogen and oxygen atoms in total. The molecule has 0 spiro atoms. The Hall–Kier alpha value is -2.51. The molecule has 7 heteroatoms. The molecule has 138 valence electrons. The number of ether oxygens (including phenoxy) is 1. The average Bonchev–Trinajstić information content (AvgIpc) is 2.65. The van der Waals surface area contributed by atoms with Crippen molar-refractivity contribution in [3.05, 3.63) is 65.7 Å². The van der Waals surface area contributed by atoms with Gasteiger partial charge < -0.3 is 4.74 Å². The summed E-state index contributed by atoms with van der Waals surface area (Å²) in [5.74, 6) is -1.13. The highest BCUT2D eigenvalue weighted by Gasteiger charge is 2.23. The molecule has 2 aromatic rings. The van der Waals surface area contributed by atoms with Gasteiger partial charge in [0.1, 0.15) is 6.54 Å². The third-order valence-electron chi connectivity index (χ3n) is 3.73. The quantitative estimate of drug-likeness (QED) is 0.565. The Morgan fingerprint density at radius 2 is 1.65 bits per heavy atom. The van der Waals surface area contributed by atoms with Gasteiger partial charge in [-0.15, -0.1) is 0 Å². The van der Waals surface area contributed by atoms with Crippen LogP contribution in [0, 0.1) is 6.92 Å². The van der Waals surface area contributed by atoms with Crippen molar-refractivity contribution in [3.8, 4) is 0 Å². The number of benzene rings is 2. The summed E-state index contributed by atoms with van der Waals surface area (Å²) >= 11 is 0. The van der Waals surface area contributed by atoms with Crippen LogP contribution in [-0.4, -0.2) is 32.8 Å². The SMILES string of the molecule is CC[C@H](OC(=O)CNS(=O)(=O)c1ccc(C)cc1)C(=O)c1ccccc1. The smallest absolute Gasteiger partial charge is 0.321 e. The van der Waals surface area contributed by atoms with Crippen LogP contribution in [0.2, 0.25) is 0 Å². The summed E-state index contributed by atoms with van der Waals surface area (Å²) in [5.41, 5.74) is 1.36. The van der Waals surface area contributed by atoms with Gasteiger partial charge in [-0.3, -0.25) is 9.59 Å². The molecule has 1 N–H and O–H groups in total. The Morgan fingerprint density at radius 1 is 1.04 bits per heavy atom. The van der Waals surface area contributed by atoms with Gasteiger partial charge in [0.25, 0.3) is 0 Å². The van der Waals surface area contributed by atoms with E-state index in [-0.39, 0.29) is 10.7 Å². The second kappa shape index (κ2) is 8.73. The minimum Gasteiger partial charge on any atom is -0.453 e. The lowest BCUT2D eigenvalue weighted by Crippen LogP contribution is -2.35. The summed E-state index contributed by atoms with van der Waals surface area (Å²) in [4.78, 5) is 24.4. The summed E-state index contributed by atoms with van der Waals surface area (Å²) in [6.07, 6.45) is -0.654. The highest BCUT2D eigenvalue weighted by Crippen LogP contribution is 2.11. The Morgan fingerprint density at radius 3 is 2.23 bits per heavy atom. The Balaban J connectivity index is 1.96. The number of esters is 1. The van der Waals surface area contributed by atoms with E-state index < -0.39 is 28.6 Å². The summed E-state index contributed by atoms with van der Waals surface area (Å²) in [6.45, 7) is 3.01. The molecule has 0 aliphatic rings. The van der Waals surface area contributed by atoms with Gasteiger partial charge in [-0.2, -0.15) is 4.72 Å². The summed E-state index contributed by atoms with van der Waals surface area (Å²) in [7, 11) is -3.82. The topological polar surface area (TPSA) is 89.5 Å². The van der Waals surface area contributed by atoms with Crippen LogP contribution in [0.3, 0.4) is 0 Å². The van der Waals surface area contributed by atoms with Crippen LogP contribution in [0.1, 0.15) is 29.3 Å². The number of hydrogen-bond donors (Lipinski definition) is 1. The van der Waals surface area contributed by atoms with Gasteiger partial charge in [-0.25, -0.2) is 8.42 Å². The molecule has 0 bridgehead atoms. The molecule has 0 saturated heterocycles. The molecule has 0 aliphatic carbocycles. The van der Waals surface area contributed by atoms with Gasteiger partial charge in [0.15, 0.2) is 6.10 Å². The maximum Gasteiger partial charge on any atom is 0.321 e. The molecule has 26 heavy (non-hydrogen) atoms. The highest BCUT2D eigenvalue weighted by atomic mass is 32.2. The fourth-order valence-corrected chi connectivity index (χ4v) is 3.23. The molecule has 0 heterocycles. The van der Waals surface area contributed by atoms with Crippen LogP contribution >= 0.6 is 0 Å². The predicted octanol–water partition coefficient (Wildman–Crippen LogP) is 2.48. The van der Waals surface area contributed by atoms with Crippen LogP contribution in [0.25, 0.3) is 0 Å². The van der Waals surface area contributed by atoms with Crippen molar-refractivity contribution in [1.29, 1.82) is 0 Å². The second-order valence-corrected chi connectivity index (χ2v) is 7.52. The zero-order valence-electron chi connectivity index (χ0n) is 14.6. The molecular formula is C19H21NO5S. The van der Waals surface area contributed by atoms with Gasteiger partial charge in [-0.05, 0) is 25.5 Å². The van der Waals surface area contributed by atoms with Crippen molar-refractivity contribution in [3.63, 3.8) is 0 Å². The van der Waals surface area contributed by atoms with Crippen LogP contribution in [0.4, 0.5) is 0 Å². The maximum atomic E-state index is 12.4. The number of nitrogens with one attached hydrogen (secondary N) is 1. The first-order chi connectivity index (χ1) is 12.3. The average molecular weight is 375 g/mol. The van der Waals surface area contributed by atoms with E-state index in [1.54, 1.807) is 49.4 Å². The van der Waals surface area contributed by atoms with E-state index in [2.05, 4.69) is 4.72 Å². The molecule has 0 radical (unpaired) electrons. The maximum absolute atomic E-state index is 12.4. The van der Waals surface area contributed by atoms with E-state index in [1.807, 2.05) is 6.92 Å². The van der Waals surface area contributed by atoms with Gasteiger partial charge >= 0.3 is 5.97 Å². The fourth-order valence-electron chi connectivity index (χ4n) is 2.27. The Bertz CT molecular complexity index is 861. The first-order valence-electron chi connectivity index (χ1n) is 8.18. The van der Waals surface area contributed by atoms with E-state index in [0.717, 1.165) is 5.56 Å². The molecule has 2 rings (SSSR count). The number of carbonyl (C=O) groups excluding carboxylic acids is 2. The van der Waals surface area contributed by atoms with Crippen molar-refractivity contribution in [1.82, 2.24) is 4.72 Å². The summed E-state index contributed by atoms with van der Waals surface area (Å²) in [6, 6.07) is 14.7. The van der Waals surface area contributed by atoms with Gasteiger partial charge in [-0.1, -0.05) is 55.0 Å². The molecule has 0 amide bonds. The van der Waals surface area contributed by atoms with E-state index in [4.69, 9.17) is 4.74 Å². The van der Waals surface area contributed by atoms with Gasteiger partial charge in [0.05, 0.1) is 4.90 Å². The van der Waals surface area contributed by atoms with Crippen LogP contribution in [0.5, 0.6) is 0 Å². The molecular weight excluding hydrogens is 354 g/mol. The first kappa shape index (κ1) is 19.8. The van der Waals surface area contributed by atoms with Crippen molar-refractivity contribution < 1.29 is 22.7 Å². The molecule has 0 aromatic heterocycles. The van der Waals surface area contributed by atoms with Crippen LogP contribution in [0.15, 0.2) is 59.5 Å². The number of hydrogen-bond acceptors (Lipinski definition) is 5. The van der Waals surface area contributed by atoms with Crippen molar-refractivity contribution in [2.24, 2.45) is 0 Å². The fraction of sp³-hybridized carbons (Fsp3) is 0.263. The summed E-state index contributed by atoms with van der Waals surface area (Å²) < 4.78 is 31.7. The number of ketones is 1. The zero-order valence-corrected chi connectivity index (χ0v) is 15.5. The molecule has 0 aliphatic heterocycles. The summed E-state index contributed by atoms with van der Waals surface area (Å²) in [5, 5.41) is 0. The normalized spacial score (nSPS) is 12.4. The van der Waals surface area contributed by atoms with Crippen molar-refractivity contribution in [2.75, 3.05) is 6.54 Å². The first-order valence-corrected chi connectivity index (χ1v) is 9.67. The van der Waals surface area contributed by atoms with E-state index in [0.29, 0.717) is 12.0 Å². The number of aryl methyl sites for hydroxylation is 1. The lowest BCUT2D eigenvalue weighted by Gasteiger charge is -2.15. The van der Waals surface area contributed by atoms with Crippen molar-refractivity contribution in [2.45, 2.75) is 31.3 Å². The van der Waals surface area contributed by atoms with Crippen LogP contribution < -0.4 is 4.72 Å². The van der Waals surface area contributed by atoms with Gasteiger partial charge in [0.2, 0.25) is 15.8 Å². The lowest BCUT2D eigenvalue weighted by atomic mass is 10.0. The molecule has 2 aromatic carbocycles. The molecule has 1 atom stereocenters. The van der Waals surface area contributed by atoms with Crippen molar-refractivity contribution >= 4 is 21.8 Å². The molecule has 0 fully saturated rings. The monoisotopic (exact) mass is 375 g/mol. The number of sulfonamides is 1. The second-order valence-electron chi connectivity index (χ2n) is 5.75. The Kier molecular flexibility index (Phi) is 6.65. The van der Waals surface area contributed by atoms with Gasteiger partial charge in [0, 0.05) is 5.56 Å². The highest BCUT2D eigenvalue weighted by molar-refractivity contribution is 7.89. The Labute approximate surface area is 153 Å². The number of Topliss-reactive ketones (excluding diaryl/α,β-unsaturated/α-hetero) is 1. The molecule has 0 saturated carbocycles. The predicted molar refractivity (Wildman–Crippen MR) is 97.3 cm³/mol. The molecule has 0 unspecified atom stereocenters. The number of carbonyl (C=O) groups is 2. The van der Waals surface area contributed by atoms with E-state index in [9.17, 15) is 18.0 Å². The van der Waals surface area contributed by atoms with E-state index in [1.165, 1.54) is 12.1 Å². The standard InChI is InChI=1S/C19H21NO5S/c1-3-17(19(22)15-7-5-4-6-8-15)25-18(21)13-20-26(23,24)16-11-9-14(2)10-12-16/h4-12,17,20H,3,13H2,1-2H3/t17-/m0/s1. The minimum absolute atomic E-state index is 0.0586. The third-order valence-corrected chi connectivity index (χ3v) is 5.15. The zero-order chi connectivity index (χ0) is 19.2. The minimum atomic E-state index is -3.82.